The van der Waals surface area contributed by atoms with Gasteiger partial charge in [0.1, 0.15) is 0 Å². The summed E-state index contributed by atoms with van der Waals surface area (Å²) >= 11 is 0. The van der Waals surface area contributed by atoms with Crippen LogP contribution < -0.4 is 0 Å². The van der Waals surface area contributed by atoms with Crippen LogP contribution in [0.3, 0.4) is 0 Å². The average Bonchev–Trinajstić information content (AvgIpc) is 2.61. The molecule has 1 aliphatic carbocycles. The SMILES string of the molecule is CCOC(=O)c1n[nH]c2c1CCCC2. The van der Waals surface area contributed by atoms with E-state index in [-0.39, 0.29) is 5.97 Å². The van der Waals surface area contributed by atoms with Gasteiger partial charge in [0.05, 0.1) is 6.61 Å². The van der Waals surface area contributed by atoms with Crippen molar-refractivity contribution in [3.05, 3.63) is 17.0 Å². The van der Waals surface area contributed by atoms with Crippen molar-refractivity contribution in [1.82, 2.24) is 10.2 Å². The number of carbonyl (C=O) groups excluding carboxylic acids is 1. The van der Waals surface area contributed by atoms with Crippen LogP contribution in [0.4, 0.5) is 0 Å². The number of hydrogen-bond acceptors (Lipinski definition) is 3. The minimum absolute atomic E-state index is 0.299. The zero-order chi connectivity index (χ0) is 9.97. The lowest BCUT2D eigenvalue weighted by Gasteiger charge is -2.10. The van der Waals surface area contributed by atoms with Crippen molar-refractivity contribution in [3.63, 3.8) is 0 Å². The highest BCUT2D eigenvalue weighted by Crippen LogP contribution is 2.22. The molecule has 0 spiro atoms. The third kappa shape index (κ3) is 1.52. The van der Waals surface area contributed by atoms with Crippen LogP contribution in [0.5, 0.6) is 0 Å². The van der Waals surface area contributed by atoms with Gasteiger partial charge in [-0.15, -0.1) is 0 Å². The second kappa shape index (κ2) is 3.82. The first-order valence-electron chi connectivity index (χ1n) is 5.06. The fraction of sp³-hybridized carbons (Fsp3) is 0.600. The van der Waals surface area contributed by atoms with Gasteiger partial charge in [-0.2, -0.15) is 5.10 Å². The number of hydrogen-bond donors (Lipinski definition) is 1. The zero-order valence-corrected chi connectivity index (χ0v) is 8.30. The Morgan fingerprint density at radius 2 is 2.29 bits per heavy atom. The van der Waals surface area contributed by atoms with Crippen LogP contribution in [0.1, 0.15) is 41.5 Å². The molecule has 1 N–H and O–H groups in total. The monoisotopic (exact) mass is 194 g/mol. The minimum atomic E-state index is -0.299. The van der Waals surface area contributed by atoms with Crippen LogP contribution >= 0.6 is 0 Å². The first-order chi connectivity index (χ1) is 6.83. The van der Waals surface area contributed by atoms with Gasteiger partial charge >= 0.3 is 5.97 Å². The number of H-pyrrole nitrogens is 1. The smallest absolute Gasteiger partial charge is 0.359 e. The normalized spacial score (nSPS) is 14.9. The maximum Gasteiger partial charge on any atom is 0.359 e. The number of aromatic nitrogens is 2. The van der Waals surface area contributed by atoms with Crippen LogP contribution in [0.15, 0.2) is 0 Å². The van der Waals surface area contributed by atoms with Gasteiger partial charge in [-0.25, -0.2) is 4.79 Å². The Hall–Kier alpha value is -1.32. The molecule has 0 unspecified atom stereocenters. The largest absolute Gasteiger partial charge is 0.461 e. The minimum Gasteiger partial charge on any atom is -0.461 e. The topological polar surface area (TPSA) is 55.0 Å². The molecule has 4 nitrogen and oxygen atoms in total. The summed E-state index contributed by atoms with van der Waals surface area (Å²) < 4.78 is 4.93. The summed E-state index contributed by atoms with van der Waals surface area (Å²) in [5.41, 5.74) is 2.66. The predicted octanol–water partition coefficient (Wildman–Crippen LogP) is 1.47. The van der Waals surface area contributed by atoms with E-state index >= 15 is 0 Å². The zero-order valence-electron chi connectivity index (χ0n) is 8.30. The maximum absolute atomic E-state index is 11.5. The fourth-order valence-corrected chi connectivity index (χ4v) is 1.85. The Morgan fingerprint density at radius 3 is 3.07 bits per heavy atom. The molecule has 0 aromatic carbocycles. The highest BCUT2D eigenvalue weighted by atomic mass is 16.5. The number of aromatic amines is 1. The van der Waals surface area contributed by atoms with E-state index in [4.69, 9.17) is 4.74 Å². The maximum atomic E-state index is 11.5. The van der Waals surface area contributed by atoms with Crippen molar-refractivity contribution >= 4 is 5.97 Å². The number of rotatable bonds is 2. The van der Waals surface area contributed by atoms with Gasteiger partial charge in [-0.05, 0) is 32.6 Å². The van der Waals surface area contributed by atoms with Gasteiger partial charge in [-0.1, -0.05) is 0 Å². The summed E-state index contributed by atoms with van der Waals surface area (Å²) in [7, 11) is 0. The molecule has 0 bridgehead atoms. The Labute approximate surface area is 82.7 Å². The number of nitrogens with one attached hydrogen (secondary N) is 1. The van der Waals surface area contributed by atoms with E-state index < -0.39 is 0 Å². The number of aryl methyl sites for hydroxylation is 1. The van der Waals surface area contributed by atoms with Crippen LogP contribution in [0.2, 0.25) is 0 Å². The lowest BCUT2D eigenvalue weighted by atomic mass is 9.96. The number of ether oxygens (including phenoxy) is 1. The van der Waals surface area contributed by atoms with Crippen molar-refractivity contribution in [2.24, 2.45) is 0 Å². The van der Waals surface area contributed by atoms with Crippen molar-refractivity contribution in [2.45, 2.75) is 32.6 Å². The van der Waals surface area contributed by atoms with E-state index in [0.29, 0.717) is 12.3 Å². The van der Waals surface area contributed by atoms with E-state index in [1.165, 1.54) is 6.42 Å². The van der Waals surface area contributed by atoms with Gasteiger partial charge < -0.3 is 4.74 Å². The number of carbonyl (C=O) groups is 1. The quantitative estimate of drug-likeness (QED) is 0.725. The Morgan fingerprint density at radius 1 is 1.50 bits per heavy atom. The second-order valence-electron chi connectivity index (χ2n) is 3.46. The highest BCUT2D eigenvalue weighted by Gasteiger charge is 2.22. The van der Waals surface area contributed by atoms with Crippen molar-refractivity contribution in [1.29, 1.82) is 0 Å². The molecule has 0 amide bonds. The van der Waals surface area contributed by atoms with Gasteiger partial charge in [-0.3, -0.25) is 5.10 Å². The molecular weight excluding hydrogens is 180 g/mol. The van der Waals surface area contributed by atoms with Gasteiger partial charge in [0.25, 0.3) is 0 Å². The molecule has 0 radical (unpaired) electrons. The molecule has 1 aliphatic rings. The number of esters is 1. The third-order valence-corrected chi connectivity index (χ3v) is 2.53. The standard InChI is InChI=1S/C10H14N2O2/c1-2-14-10(13)9-7-5-3-4-6-8(7)11-12-9/h2-6H2,1H3,(H,11,12). The number of nitrogens with zero attached hydrogens (tertiary/aromatic N) is 1. The molecule has 76 valence electrons. The van der Waals surface area contributed by atoms with Gasteiger partial charge in [0.15, 0.2) is 5.69 Å². The molecule has 1 aromatic heterocycles. The lowest BCUT2D eigenvalue weighted by molar-refractivity contribution is 0.0518. The molecule has 0 atom stereocenters. The molecule has 2 rings (SSSR count). The lowest BCUT2D eigenvalue weighted by Crippen LogP contribution is -2.10. The second-order valence-corrected chi connectivity index (χ2v) is 3.46. The van der Waals surface area contributed by atoms with E-state index in [0.717, 1.165) is 30.5 Å². The summed E-state index contributed by atoms with van der Waals surface area (Å²) in [6, 6.07) is 0. The first kappa shape index (κ1) is 9.24. The molecule has 0 saturated carbocycles. The molecular formula is C10H14N2O2. The molecule has 0 fully saturated rings. The van der Waals surface area contributed by atoms with Crippen LogP contribution in [-0.4, -0.2) is 22.8 Å². The van der Waals surface area contributed by atoms with Gasteiger partial charge in [0, 0.05) is 11.3 Å². The highest BCUT2D eigenvalue weighted by molar-refractivity contribution is 5.89. The summed E-state index contributed by atoms with van der Waals surface area (Å²) in [6.07, 6.45) is 4.26. The Kier molecular flexibility index (Phi) is 2.52. The van der Waals surface area contributed by atoms with Crippen LogP contribution in [0.25, 0.3) is 0 Å². The third-order valence-electron chi connectivity index (χ3n) is 2.53. The summed E-state index contributed by atoms with van der Waals surface area (Å²) in [4.78, 5) is 11.5. The molecule has 1 aromatic rings. The summed E-state index contributed by atoms with van der Waals surface area (Å²) in [5, 5.41) is 6.93. The van der Waals surface area contributed by atoms with Gasteiger partial charge in [0.2, 0.25) is 0 Å². The van der Waals surface area contributed by atoms with Crippen LogP contribution in [0, 0.1) is 0 Å². The van der Waals surface area contributed by atoms with E-state index in [2.05, 4.69) is 10.2 Å². The van der Waals surface area contributed by atoms with E-state index in [1.807, 2.05) is 0 Å². The van der Waals surface area contributed by atoms with E-state index in [9.17, 15) is 4.79 Å². The molecule has 4 heteroatoms. The predicted molar refractivity (Wildman–Crippen MR) is 51.2 cm³/mol. The number of fused-ring (bicyclic) bond motifs is 1. The van der Waals surface area contributed by atoms with Crippen LogP contribution in [-0.2, 0) is 17.6 Å². The molecule has 14 heavy (non-hydrogen) atoms. The summed E-state index contributed by atoms with van der Waals surface area (Å²) in [6.45, 7) is 2.21. The average molecular weight is 194 g/mol. The Balaban J connectivity index is 2.25. The fourth-order valence-electron chi connectivity index (χ4n) is 1.85. The molecule has 0 aliphatic heterocycles. The molecule has 0 saturated heterocycles. The van der Waals surface area contributed by atoms with Crippen molar-refractivity contribution < 1.29 is 9.53 Å². The Bertz CT molecular complexity index is 344. The summed E-state index contributed by atoms with van der Waals surface area (Å²) in [5.74, 6) is -0.299. The first-order valence-corrected chi connectivity index (χ1v) is 5.06. The van der Waals surface area contributed by atoms with Crippen molar-refractivity contribution in [3.8, 4) is 0 Å². The molecule has 1 heterocycles. The van der Waals surface area contributed by atoms with Crippen molar-refractivity contribution in [2.75, 3.05) is 6.61 Å². The van der Waals surface area contributed by atoms with E-state index in [1.54, 1.807) is 6.92 Å².